The Morgan fingerprint density at radius 1 is 0.971 bits per heavy atom. The van der Waals surface area contributed by atoms with E-state index in [4.69, 9.17) is 19.9 Å². The average molecular weight is 463 g/mol. The van der Waals surface area contributed by atoms with Crippen LogP contribution < -0.4 is 11.1 Å². The van der Waals surface area contributed by atoms with Gasteiger partial charge in [-0.3, -0.25) is 4.79 Å². The summed E-state index contributed by atoms with van der Waals surface area (Å²) in [4.78, 5) is 40.5. The van der Waals surface area contributed by atoms with Gasteiger partial charge in [0.25, 0.3) is 0 Å². The number of benzene rings is 2. The Kier molecular flexibility index (Phi) is 6.40. The molecule has 34 heavy (non-hydrogen) atoms. The van der Waals surface area contributed by atoms with Gasteiger partial charge in [0.1, 0.15) is 28.9 Å². The van der Waals surface area contributed by atoms with Crippen molar-refractivity contribution in [2.75, 3.05) is 11.9 Å². The van der Waals surface area contributed by atoms with Crippen LogP contribution in [0.1, 0.15) is 37.8 Å². The largest absolute Gasteiger partial charge is 0.462 e. The van der Waals surface area contributed by atoms with Crippen LogP contribution in [0.2, 0.25) is 0 Å². The van der Waals surface area contributed by atoms with Gasteiger partial charge in [-0.1, -0.05) is 55.5 Å². The second kappa shape index (κ2) is 9.43. The van der Waals surface area contributed by atoms with E-state index < -0.39 is 23.3 Å². The smallest absolute Gasteiger partial charge is 0.341 e. The van der Waals surface area contributed by atoms with Gasteiger partial charge in [0.2, 0.25) is 11.8 Å². The maximum atomic E-state index is 13.7. The molecule has 2 heterocycles. The third-order valence-corrected chi connectivity index (χ3v) is 5.80. The zero-order valence-electron chi connectivity index (χ0n) is 19.1. The van der Waals surface area contributed by atoms with Gasteiger partial charge in [0.05, 0.1) is 6.61 Å². The van der Waals surface area contributed by atoms with Crippen LogP contribution in [0.3, 0.4) is 0 Å². The first kappa shape index (κ1) is 23.1. The van der Waals surface area contributed by atoms with Gasteiger partial charge in [0.15, 0.2) is 0 Å². The number of carbonyl (C=O) groups excluding carboxylic acids is 3. The zero-order chi connectivity index (χ0) is 24.3. The molecule has 0 saturated heterocycles. The Morgan fingerprint density at radius 3 is 2.35 bits per heavy atom. The Labute approximate surface area is 197 Å². The molecule has 2 aliphatic heterocycles. The lowest BCUT2D eigenvalue weighted by molar-refractivity contribution is -0.144. The molecule has 2 aliphatic rings. The topological polar surface area (TPSA) is 117 Å². The van der Waals surface area contributed by atoms with Crippen molar-refractivity contribution in [1.29, 1.82) is 0 Å². The van der Waals surface area contributed by atoms with Crippen molar-refractivity contribution in [3.8, 4) is 0 Å². The van der Waals surface area contributed by atoms with Crippen LogP contribution in [0.4, 0.5) is 5.69 Å². The predicted molar refractivity (Wildman–Crippen MR) is 124 cm³/mol. The molecule has 0 aliphatic carbocycles. The minimum absolute atomic E-state index is 0.0456. The summed E-state index contributed by atoms with van der Waals surface area (Å²) in [5, 5.41) is 2.79. The fraction of sp³-hybridized carbons (Fsp3) is 0.269. The number of amides is 1. The Balaban J connectivity index is 1.90. The summed E-state index contributed by atoms with van der Waals surface area (Å²) in [7, 11) is 0. The molecule has 0 bridgehead atoms. The molecule has 3 N–H and O–H groups in total. The van der Waals surface area contributed by atoms with Crippen LogP contribution in [-0.4, -0.2) is 24.5 Å². The van der Waals surface area contributed by atoms with Crippen molar-refractivity contribution in [2.45, 2.75) is 38.7 Å². The summed E-state index contributed by atoms with van der Waals surface area (Å²) in [6.07, 6.45) is 0.928. The van der Waals surface area contributed by atoms with E-state index in [1.165, 1.54) is 0 Å². The van der Waals surface area contributed by atoms with Crippen molar-refractivity contribution in [3.63, 3.8) is 0 Å². The Bertz CT molecular complexity index is 1200. The van der Waals surface area contributed by atoms with E-state index in [1.807, 2.05) is 25.1 Å². The van der Waals surface area contributed by atoms with Gasteiger partial charge >= 0.3 is 11.9 Å². The fourth-order valence-corrected chi connectivity index (χ4v) is 4.43. The number of allylic oxidation sites excluding steroid dienone is 1. The molecule has 8 heteroatoms. The molecule has 1 amide bonds. The maximum absolute atomic E-state index is 13.7. The standard InChI is InChI=1S/C26H26N2O6/c1-3-10-19-20(23(29)32-4-2)26(17-13-8-9-14-18(17)28-25(26)31)21(22(27)34-19)24(30)33-15-16-11-6-5-7-12-16/h5-9,11-14H,3-4,10,15,27H2,1-2H3,(H,28,31)/t26-/m1/s1. The van der Waals surface area contributed by atoms with Crippen molar-refractivity contribution in [1.82, 2.24) is 0 Å². The molecular weight excluding hydrogens is 436 g/mol. The number of ether oxygens (including phenoxy) is 3. The van der Waals surface area contributed by atoms with Crippen molar-refractivity contribution < 1.29 is 28.6 Å². The van der Waals surface area contributed by atoms with Crippen molar-refractivity contribution >= 4 is 23.5 Å². The molecular formula is C26H26N2O6. The molecule has 0 saturated carbocycles. The van der Waals surface area contributed by atoms with E-state index in [1.54, 1.807) is 43.3 Å². The van der Waals surface area contributed by atoms with E-state index in [-0.39, 0.29) is 36.0 Å². The van der Waals surface area contributed by atoms with Crippen LogP contribution in [0, 0.1) is 0 Å². The lowest BCUT2D eigenvalue weighted by Crippen LogP contribution is -2.48. The van der Waals surface area contributed by atoms with Gasteiger partial charge in [-0.05, 0) is 25.0 Å². The first-order valence-corrected chi connectivity index (χ1v) is 11.2. The normalized spacial score (nSPS) is 18.9. The van der Waals surface area contributed by atoms with Crippen molar-refractivity contribution in [3.05, 3.63) is 88.5 Å². The van der Waals surface area contributed by atoms with Gasteiger partial charge in [-0.2, -0.15) is 0 Å². The zero-order valence-corrected chi connectivity index (χ0v) is 19.1. The van der Waals surface area contributed by atoms with Crippen LogP contribution in [0.15, 0.2) is 77.4 Å². The summed E-state index contributed by atoms with van der Waals surface area (Å²) in [5.41, 5.74) is 5.75. The maximum Gasteiger partial charge on any atom is 0.341 e. The lowest BCUT2D eigenvalue weighted by atomic mass is 9.67. The number of carbonyl (C=O) groups is 3. The number of fused-ring (bicyclic) bond motifs is 2. The molecule has 1 spiro atoms. The minimum Gasteiger partial charge on any atom is -0.462 e. The number of nitrogens with two attached hydrogens (primary N) is 1. The average Bonchev–Trinajstić information content (AvgIpc) is 3.10. The SMILES string of the molecule is CCCC1=C(C(=O)OCC)[C@@]2(C(=O)Nc3ccccc32)C(C(=O)OCc2ccccc2)=C(N)O1. The summed E-state index contributed by atoms with van der Waals surface area (Å²) < 4.78 is 16.7. The molecule has 0 unspecified atom stereocenters. The van der Waals surface area contributed by atoms with Gasteiger partial charge in [-0.15, -0.1) is 0 Å². The van der Waals surface area contributed by atoms with E-state index >= 15 is 0 Å². The molecule has 4 rings (SSSR count). The Hall–Kier alpha value is -4.07. The highest BCUT2D eigenvalue weighted by Crippen LogP contribution is 2.53. The van der Waals surface area contributed by atoms with Crippen molar-refractivity contribution in [2.24, 2.45) is 5.73 Å². The molecule has 2 aromatic carbocycles. The number of hydrogen-bond donors (Lipinski definition) is 2. The van der Waals surface area contributed by atoms with E-state index in [0.717, 1.165) is 5.56 Å². The van der Waals surface area contributed by atoms with E-state index in [2.05, 4.69) is 5.32 Å². The highest BCUT2D eigenvalue weighted by atomic mass is 16.5. The first-order chi connectivity index (χ1) is 16.4. The fourth-order valence-electron chi connectivity index (χ4n) is 4.43. The summed E-state index contributed by atoms with van der Waals surface area (Å²) in [5.74, 6) is -2.28. The van der Waals surface area contributed by atoms with Gasteiger partial charge in [0, 0.05) is 17.7 Å². The number of hydrogen-bond acceptors (Lipinski definition) is 7. The second-order valence-corrected chi connectivity index (χ2v) is 7.92. The highest BCUT2D eigenvalue weighted by molar-refractivity contribution is 6.21. The van der Waals surface area contributed by atoms with Crippen LogP contribution in [0.25, 0.3) is 0 Å². The summed E-state index contributed by atoms with van der Waals surface area (Å²) in [6.45, 7) is 3.60. The summed E-state index contributed by atoms with van der Waals surface area (Å²) >= 11 is 0. The molecule has 8 nitrogen and oxygen atoms in total. The molecule has 0 aromatic heterocycles. The van der Waals surface area contributed by atoms with E-state index in [9.17, 15) is 14.4 Å². The molecule has 176 valence electrons. The third-order valence-electron chi connectivity index (χ3n) is 5.80. The quantitative estimate of drug-likeness (QED) is 0.606. The molecule has 0 fully saturated rings. The predicted octanol–water partition coefficient (Wildman–Crippen LogP) is 3.44. The van der Waals surface area contributed by atoms with E-state index in [0.29, 0.717) is 24.1 Å². The second-order valence-electron chi connectivity index (χ2n) is 7.92. The molecule has 1 atom stereocenters. The van der Waals surface area contributed by atoms with Crippen LogP contribution in [0.5, 0.6) is 0 Å². The number of nitrogens with one attached hydrogen (secondary N) is 1. The monoisotopic (exact) mass is 462 g/mol. The summed E-state index contributed by atoms with van der Waals surface area (Å²) in [6, 6.07) is 15.9. The highest BCUT2D eigenvalue weighted by Gasteiger charge is 2.62. The number of anilines is 1. The number of rotatable bonds is 7. The number of esters is 2. The minimum atomic E-state index is -1.86. The number of para-hydroxylation sites is 1. The lowest BCUT2D eigenvalue weighted by Gasteiger charge is -2.36. The Morgan fingerprint density at radius 2 is 1.65 bits per heavy atom. The van der Waals surface area contributed by atoms with Gasteiger partial charge < -0.3 is 25.3 Å². The van der Waals surface area contributed by atoms with Crippen LogP contribution in [-0.2, 0) is 40.6 Å². The van der Waals surface area contributed by atoms with Crippen LogP contribution >= 0.6 is 0 Å². The molecule has 0 radical (unpaired) electrons. The molecule has 2 aromatic rings. The van der Waals surface area contributed by atoms with Gasteiger partial charge in [-0.25, -0.2) is 9.59 Å². The first-order valence-electron chi connectivity index (χ1n) is 11.2. The third kappa shape index (κ3) is 3.71.